The molecule has 1 unspecified atom stereocenters. The molecule has 1 fully saturated rings. The van der Waals surface area contributed by atoms with Crippen molar-refractivity contribution >= 4 is 15.9 Å². The van der Waals surface area contributed by atoms with Crippen molar-refractivity contribution in [1.29, 1.82) is 0 Å². The zero-order valence-electron chi connectivity index (χ0n) is 17.3. The quantitative estimate of drug-likeness (QED) is 0.667. The Kier molecular flexibility index (Phi) is 6.75. The number of piperazine rings is 1. The van der Waals surface area contributed by atoms with E-state index in [-0.39, 0.29) is 37.6 Å². The van der Waals surface area contributed by atoms with Gasteiger partial charge in [0, 0.05) is 32.4 Å². The number of alkyl halides is 3. The third-order valence-corrected chi connectivity index (χ3v) is 7.43. The van der Waals surface area contributed by atoms with Crippen LogP contribution in [0.15, 0.2) is 41.4 Å². The summed E-state index contributed by atoms with van der Waals surface area (Å²) in [4.78, 5) is 14.0. The maximum Gasteiger partial charge on any atom is 0.435 e. The van der Waals surface area contributed by atoms with Gasteiger partial charge in [-0.1, -0.05) is 26.0 Å². The van der Waals surface area contributed by atoms with Crippen molar-refractivity contribution in [2.24, 2.45) is 0 Å². The molecule has 0 aliphatic carbocycles. The van der Waals surface area contributed by atoms with E-state index in [0.717, 1.165) is 28.9 Å². The Morgan fingerprint density at radius 2 is 1.71 bits per heavy atom. The lowest BCUT2D eigenvalue weighted by atomic mass is 9.99. The average Bonchev–Trinajstić information content (AvgIpc) is 3.22. The molecule has 1 aromatic heterocycles. The predicted octanol–water partition coefficient (Wildman–Crippen LogP) is 2.95. The Labute approximate surface area is 179 Å². The van der Waals surface area contributed by atoms with Crippen molar-refractivity contribution in [1.82, 2.24) is 19.0 Å². The van der Waals surface area contributed by atoms with Gasteiger partial charge in [-0.3, -0.25) is 9.48 Å². The normalized spacial score (nSPS) is 17.0. The first-order chi connectivity index (χ1) is 14.5. The Morgan fingerprint density at radius 1 is 1.10 bits per heavy atom. The number of rotatable bonds is 6. The van der Waals surface area contributed by atoms with Gasteiger partial charge in [-0.25, -0.2) is 8.42 Å². The van der Waals surface area contributed by atoms with Gasteiger partial charge < -0.3 is 4.90 Å². The zero-order chi connectivity index (χ0) is 22.8. The summed E-state index contributed by atoms with van der Waals surface area (Å²) in [5.41, 5.74) is 0.0136. The summed E-state index contributed by atoms with van der Waals surface area (Å²) >= 11 is 0. The smallest absolute Gasteiger partial charge is 0.338 e. The van der Waals surface area contributed by atoms with Gasteiger partial charge in [0.15, 0.2) is 5.69 Å². The third kappa shape index (κ3) is 5.27. The van der Waals surface area contributed by atoms with Crippen LogP contribution in [-0.2, 0) is 27.5 Å². The standard InChI is InChI=1S/C20H25F3N4O3S/c1-3-15(2)16-4-6-17(7-5-16)31(29,30)27-12-10-25(11-13-27)19(28)14-26-9-8-18(24-26)20(21,22)23/h4-9,15H,3,10-14H2,1-2H3. The van der Waals surface area contributed by atoms with Crippen LogP contribution >= 0.6 is 0 Å². The molecule has 7 nitrogen and oxygen atoms in total. The van der Waals surface area contributed by atoms with Crippen molar-refractivity contribution in [3.8, 4) is 0 Å². The molecule has 1 aliphatic heterocycles. The van der Waals surface area contributed by atoms with Crippen molar-refractivity contribution in [2.75, 3.05) is 26.2 Å². The monoisotopic (exact) mass is 458 g/mol. The molecule has 3 rings (SSSR count). The molecule has 0 N–H and O–H groups in total. The number of hydrogen-bond acceptors (Lipinski definition) is 4. The number of carbonyl (C=O) groups excluding carboxylic acids is 1. The lowest BCUT2D eigenvalue weighted by molar-refractivity contribution is -0.142. The number of aromatic nitrogens is 2. The molecule has 170 valence electrons. The van der Waals surface area contributed by atoms with Gasteiger partial charge in [-0.05, 0) is 36.1 Å². The minimum absolute atomic E-state index is 0.119. The summed E-state index contributed by atoms with van der Waals surface area (Å²) in [7, 11) is -3.68. The largest absolute Gasteiger partial charge is 0.435 e. The van der Waals surface area contributed by atoms with Crippen LogP contribution < -0.4 is 0 Å². The molecule has 2 heterocycles. The topological polar surface area (TPSA) is 75.5 Å². The van der Waals surface area contributed by atoms with Crippen LogP contribution in [0.3, 0.4) is 0 Å². The maximum atomic E-state index is 12.9. The maximum absolute atomic E-state index is 12.9. The van der Waals surface area contributed by atoms with E-state index in [1.807, 2.05) is 12.1 Å². The number of amides is 1. The van der Waals surface area contributed by atoms with Gasteiger partial charge in [0.2, 0.25) is 15.9 Å². The molecular weight excluding hydrogens is 433 g/mol. The molecule has 2 aromatic rings. The van der Waals surface area contributed by atoms with E-state index in [9.17, 15) is 26.4 Å². The van der Waals surface area contributed by atoms with Crippen molar-refractivity contribution in [3.05, 3.63) is 47.8 Å². The van der Waals surface area contributed by atoms with E-state index < -0.39 is 27.8 Å². The van der Waals surface area contributed by atoms with Crippen LogP contribution in [-0.4, -0.2) is 59.5 Å². The predicted molar refractivity (Wildman–Crippen MR) is 108 cm³/mol. The van der Waals surface area contributed by atoms with Crippen LogP contribution in [0.1, 0.15) is 37.4 Å². The fraction of sp³-hybridized carbons (Fsp3) is 0.500. The van der Waals surface area contributed by atoms with Crippen LogP contribution in [0.2, 0.25) is 0 Å². The van der Waals surface area contributed by atoms with Gasteiger partial charge in [-0.15, -0.1) is 0 Å². The Hall–Kier alpha value is -2.40. The van der Waals surface area contributed by atoms with Crippen molar-refractivity contribution in [3.63, 3.8) is 0 Å². The molecule has 1 saturated heterocycles. The van der Waals surface area contributed by atoms with E-state index in [2.05, 4.69) is 18.9 Å². The number of halogens is 3. The molecule has 0 bridgehead atoms. The molecule has 1 atom stereocenters. The Morgan fingerprint density at radius 3 is 2.23 bits per heavy atom. The minimum atomic E-state index is -4.57. The molecule has 1 aromatic carbocycles. The van der Waals surface area contributed by atoms with Crippen molar-refractivity contribution in [2.45, 2.75) is 43.8 Å². The first kappa shape index (κ1) is 23.3. The number of carbonyl (C=O) groups is 1. The fourth-order valence-corrected chi connectivity index (χ4v) is 4.79. The number of sulfonamides is 1. The van der Waals surface area contributed by atoms with Crippen LogP contribution in [0.4, 0.5) is 13.2 Å². The highest BCUT2D eigenvalue weighted by molar-refractivity contribution is 7.89. The SMILES string of the molecule is CCC(C)c1ccc(S(=O)(=O)N2CCN(C(=O)Cn3ccc(C(F)(F)F)n3)CC2)cc1. The Balaban J connectivity index is 1.59. The van der Waals surface area contributed by atoms with E-state index >= 15 is 0 Å². The third-order valence-electron chi connectivity index (χ3n) is 5.52. The summed E-state index contributed by atoms with van der Waals surface area (Å²) in [5, 5.41) is 3.37. The molecule has 1 aliphatic rings. The van der Waals surface area contributed by atoms with Crippen LogP contribution in [0.25, 0.3) is 0 Å². The lowest BCUT2D eigenvalue weighted by Crippen LogP contribution is -2.51. The van der Waals surface area contributed by atoms with Crippen LogP contribution in [0.5, 0.6) is 0 Å². The van der Waals surface area contributed by atoms with E-state index in [0.29, 0.717) is 5.92 Å². The van der Waals surface area contributed by atoms with E-state index in [1.54, 1.807) is 12.1 Å². The van der Waals surface area contributed by atoms with E-state index in [1.165, 1.54) is 9.21 Å². The fourth-order valence-electron chi connectivity index (χ4n) is 3.37. The summed E-state index contributed by atoms with van der Waals surface area (Å²) in [6.07, 6.45) is -2.51. The summed E-state index contributed by atoms with van der Waals surface area (Å²) < 4.78 is 66.0. The second-order valence-electron chi connectivity index (χ2n) is 7.56. The van der Waals surface area contributed by atoms with Gasteiger partial charge in [-0.2, -0.15) is 22.6 Å². The van der Waals surface area contributed by atoms with Gasteiger partial charge in [0.1, 0.15) is 6.54 Å². The second-order valence-corrected chi connectivity index (χ2v) is 9.50. The molecule has 31 heavy (non-hydrogen) atoms. The lowest BCUT2D eigenvalue weighted by Gasteiger charge is -2.34. The van der Waals surface area contributed by atoms with Gasteiger partial charge in [0.05, 0.1) is 4.90 Å². The molecule has 0 spiro atoms. The van der Waals surface area contributed by atoms with Gasteiger partial charge in [0.25, 0.3) is 0 Å². The van der Waals surface area contributed by atoms with Crippen LogP contribution in [0, 0.1) is 0 Å². The Bertz CT molecular complexity index is 1010. The molecule has 11 heteroatoms. The van der Waals surface area contributed by atoms with Crippen molar-refractivity contribution < 1.29 is 26.4 Å². The molecule has 0 radical (unpaired) electrons. The first-order valence-corrected chi connectivity index (χ1v) is 11.4. The van der Waals surface area contributed by atoms with E-state index in [4.69, 9.17) is 0 Å². The molecule has 0 saturated carbocycles. The molecule has 1 amide bonds. The molecular formula is C20H25F3N4O3S. The minimum Gasteiger partial charge on any atom is -0.338 e. The number of nitrogens with zero attached hydrogens (tertiary/aromatic N) is 4. The summed E-state index contributed by atoms with van der Waals surface area (Å²) in [6.45, 7) is 4.37. The second kappa shape index (κ2) is 8.99. The van der Waals surface area contributed by atoms with Gasteiger partial charge >= 0.3 is 6.18 Å². The first-order valence-electron chi connectivity index (χ1n) is 10.0. The highest BCUT2D eigenvalue weighted by Crippen LogP contribution is 2.27. The number of hydrogen-bond donors (Lipinski definition) is 0. The number of benzene rings is 1. The highest BCUT2D eigenvalue weighted by Gasteiger charge is 2.34. The zero-order valence-corrected chi connectivity index (χ0v) is 18.2. The summed E-state index contributed by atoms with van der Waals surface area (Å²) in [5.74, 6) is -0.0694. The summed E-state index contributed by atoms with van der Waals surface area (Å²) in [6, 6.07) is 7.65. The average molecular weight is 459 g/mol. The highest BCUT2D eigenvalue weighted by atomic mass is 32.2.